The third-order valence-corrected chi connectivity index (χ3v) is 12.0. The van der Waals surface area contributed by atoms with Crippen LogP contribution in [0.3, 0.4) is 0 Å². The Bertz CT molecular complexity index is 2570. The number of para-hydroxylation sites is 2. The molecule has 6 aromatic carbocycles. The monoisotopic (exact) mass is 881 g/mol. The number of aromatic nitrogens is 1. The van der Waals surface area contributed by atoms with Gasteiger partial charge in [-0.25, -0.2) is 0 Å². The van der Waals surface area contributed by atoms with Crippen LogP contribution in [-0.4, -0.2) is 18.8 Å². The number of benzene rings is 6. The van der Waals surface area contributed by atoms with Crippen molar-refractivity contribution in [3.05, 3.63) is 186 Å². The number of hydrogen-bond acceptors (Lipinski definition) is 3. The molecule has 0 N–H and O–H groups in total. The quantitative estimate of drug-likeness (QED) is 0.128. The second-order valence-corrected chi connectivity index (χ2v) is 19.5. The fourth-order valence-corrected chi connectivity index (χ4v) is 8.90. The van der Waals surface area contributed by atoms with E-state index < -0.39 is 8.07 Å². The van der Waals surface area contributed by atoms with Gasteiger partial charge >= 0.3 is 0 Å². The van der Waals surface area contributed by atoms with Gasteiger partial charge in [-0.1, -0.05) is 122 Å². The fraction of sp³-hybridized carbons (Fsp3) is 0.125. The summed E-state index contributed by atoms with van der Waals surface area (Å²) in [4.78, 5) is 9.79. The Morgan fingerprint density at radius 3 is 2.15 bits per heavy atom. The predicted octanol–water partition coefficient (Wildman–Crippen LogP) is 12.0. The topological polar surface area (TPSA) is 38.4 Å². The van der Waals surface area contributed by atoms with Gasteiger partial charge in [-0.3, -0.25) is 4.99 Å². The molecule has 0 saturated heterocycles. The molecular weight excluding hydrogens is 841 g/mol. The summed E-state index contributed by atoms with van der Waals surface area (Å²) in [5, 5.41) is 3.65. The molecule has 1 unspecified atom stereocenters. The number of hydrogen-bond donors (Lipinski definition) is 0. The molecule has 0 aliphatic carbocycles. The first-order valence-electron chi connectivity index (χ1n) is 17.9. The van der Waals surface area contributed by atoms with E-state index in [1.54, 1.807) is 0 Å². The molecule has 3 nitrogen and oxygen atoms in total. The summed E-state index contributed by atoms with van der Waals surface area (Å²) in [6.45, 7) is 11.6. The van der Waals surface area contributed by atoms with Crippen LogP contribution in [0, 0.1) is 26.0 Å². The Balaban J connectivity index is 0.000000163. The van der Waals surface area contributed by atoms with E-state index in [-0.39, 0.29) is 26.0 Å². The molecule has 0 fully saturated rings. The molecule has 8 aromatic rings. The van der Waals surface area contributed by atoms with Crippen molar-refractivity contribution >= 4 is 46.6 Å². The van der Waals surface area contributed by atoms with E-state index in [4.69, 9.17) is 14.4 Å². The Labute approximate surface area is 326 Å². The van der Waals surface area contributed by atoms with Crippen molar-refractivity contribution in [1.82, 2.24) is 4.98 Å². The number of aliphatic imine (C=N–C) groups is 1. The molecule has 1 radical (unpaired) electrons. The van der Waals surface area contributed by atoms with Crippen molar-refractivity contribution in [2.45, 2.75) is 39.4 Å². The van der Waals surface area contributed by atoms with E-state index in [1.165, 1.54) is 38.6 Å². The fourth-order valence-electron chi connectivity index (χ4n) is 7.44. The SMILES string of the molecule is Cc1cccc(C)c1-c1cc(-c2[c-]cccc2)ncc1[Si](C)(C)C.[Ir].[c-]1ccc2c(oc3ccccc32)c1C1=Nc2ccccc2C1c1ccccc1. The van der Waals surface area contributed by atoms with Crippen molar-refractivity contribution in [3.8, 4) is 22.4 Å². The number of nitrogens with zero attached hydrogens (tertiary/aromatic N) is 2. The Hall–Kier alpha value is -5.19. The normalized spacial score (nSPS) is 13.5. The minimum Gasteiger partial charge on any atom is -0.501 e. The number of aryl methyl sites for hydroxylation is 2. The van der Waals surface area contributed by atoms with Gasteiger partial charge in [0, 0.05) is 37.6 Å². The van der Waals surface area contributed by atoms with E-state index in [9.17, 15) is 0 Å². The molecule has 263 valence electrons. The van der Waals surface area contributed by atoms with Crippen LogP contribution in [-0.2, 0) is 20.1 Å². The first kappa shape index (κ1) is 36.2. The molecule has 9 rings (SSSR count). The third-order valence-electron chi connectivity index (χ3n) is 9.94. The average Bonchev–Trinajstić information content (AvgIpc) is 3.74. The van der Waals surface area contributed by atoms with Crippen molar-refractivity contribution in [2.24, 2.45) is 4.99 Å². The summed E-state index contributed by atoms with van der Waals surface area (Å²) in [6, 6.07) is 54.7. The van der Waals surface area contributed by atoms with Crippen LogP contribution in [0.2, 0.25) is 19.6 Å². The average molecular weight is 881 g/mol. The molecule has 3 heterocycles. The first-order valence-corrected chi connectivity index (χ1v) is 21.4. The zero-order valence-electron chi connectivity index (χ0n) is 30.6. The third kappa shape index (κ3) is 7.01. The maximum atomic E-state index is 6.27. The van der Waals surface area contributed by atoms with Gasteiger partial charge < -0.3 is 9.40 Å². The van der Waals surface area contributed by atoms with Gasteiger partial charge in [0.05, 0.1) is 19.3 Å². The van der Waals surface area contributed by atoms with Crippen molar-refractivity contribution in [2.75, 3.05) is 0 Å². The number of fused-ring (bicyclic) bond motifs is 4. The van der Waals surface area contributed by atoms with Crippen LogP contribution in [0.4, 0.5) is 5.69 Å². The Morgan fingerprint density at radius 1 is 0.679 bits per heavy atom. The van der Waals surface area contributed by atoms with E-state index in [0.717, 1.165) is 50.2 Å². The molecule has 5 heteroatoms. The number of rotatable bonds is 5. The van der Waals surface area contributed by atoms with E-state index in [1.807, 2.05) is 54.6 Å². The summed E-state index contributed by atoms with van der Waals surface area (Å²) >= 11 is 0. The van der Waals surface area contributed by atoms with E-state index in [0.29, 0.717) is 0 Å². The molecule has 53 heavy (non-hydrogen) atoms. The van der Waals surface area contributed by atoms with Crippen LogP contribution >= 0.6 is 0 Å². The van der Waals surface area contributed by atoms with Gasteiger partial charge in [-0.05, 0) is 76.0 Å². The summed E-state index contributed by atoms with van der Waals surface area (Å²) in [5.41, 5.74) is 14.6. The van der Waals surface area contributed by atoms with Crippen molar-refractivity contribution in [3.63, 3.8) is 0 Å². The standard InChI is InChI=1S/C26H16NO.C22H24NSi.Ir/c1-2-9-17(10-3-1)24-20-12-4-6-15-22(20)27-25(24)21-14-8-13-19-18-11-5-7-16-23(18)28-26(19)21;1-16-10-9-11-17(2)22(16)19-14-20(18-12-7-6-8-13-18)23-15-21(19)24(3,4)5;/h1-13,15-16,24H;6-12,14-15H,1-5H3;/q2*-1;. The second-order valence-electron chi connectivity index (χ2n) is 14.5. The van der Waals surface area contributed by atoms with Crippen molar-refractivity contribution in [1.29, 1.82) is 0 Å². The molecule has 1 aliphatic rings. The second kappa shape index (κ2) is 15.0. The largest absolute Gasteiger partial charge is 0.501 e. The van der Waals surface area contributed by atoms with Crippen LogP contribution in [0.1, 0.15) is 33.7 Å². The van der Waals surface area contributed by atoms with Crippen LogP contribution in [0.25, 0.3) is 44.3 Å². The summed E-state index contributed by atoms with van der Waals surface area (Å²) in [7, 11) is -1.50. The molecule has 2 aromatic heterocycles. The van der Waals surface area contributed by atoms with Gasteiger partial charge in [0.1, 0.15) is 5.58 Å². The Morgan fingerprint density at radius 2 is 1.40 bits per heavy atom. The van der Waals surface area contributed by atoms with Gasteiger partial charge in [-0.15, -0.1) is 54.1 Å². The Kier molecular flexibility index (Phi) is 10.3. The maximum Gasteiger partial charge on any atom is 0.120 e. The molecule has 0 spiro atoms. The zero-order valence-corrected chi connectivity index (χ0v) is 34.0. The van der Waals surface area contributed by atoms with E-state index in [2.05, 4.69) is 137 Å². The van der Waals surface area contributed by atoms with Gasteiger partial charge in [-0.2, -0.15) is 0 Å². The van der Waals surface area contributed by atoms with Gasteiger partial charge in [0.15, 0.2) is 0 Å². The van der Waals surface area contributed by atoms with Crippen molar-refractivity contribution < 1.29 is 24.5 Å². The number of furan rings is 1. The minimum absolute atomic E-state index is 0. The van der Waals surface area contributed by atoms with Crippen LogP contribution in [0.15, 0.2) is 155 Å². The van der Waals surface area contributed by atoms with Crippen LogP contribution < -0.4 is 5.19 Å². The first-order chi connectivity index (χ1) is 25.3. The molecule has 0 amide bonds. The molecule has 0 saturated carbocycles. The smallest absolute Gasteiger partial charge is 0.120 e. The molecule has 0 bridgehead atoms. The predicted molar refractivity (Wildman–Crippen MR) is 220 cm³/mol. The maximum absolute atomic E-state index is 6.27. The van der Waals surface area contributed by atoms with Gasteiger partial charge in [0.25, 0.3) is 0 Å². The van der Waals surface area contributed by atoms with Crippen LogP contribution in [0.5, 0.6) is 0 Å². The summed E-state index contributed by atoms with van der Waals surface area (Å²) < 4.78 is 6.27. The molecular formula is C48H40IrN2OSi-2. The van der Waals surface area contributed by atoms with Gasteiger partial charge in [0.2, 0.25) is 0 Å². The summed E-state index contributed by atoms with van der Waals surface area (Å²) in [6.07, 6.45) is 2.10. The number of pyridine rings is 1. The molecule has 1 aliphatic heterocycles. The molecule has 1 atom stereocenters. The minimum atomic E-state index is -1.50. The van der Waals surface area contributed by atoms with E-state index >= 15 is 0 Å². The summed E-state index contributed by atoms with van der Waals surface area (Å²) in [5.74, 6) is 0.0764. The zero-order chi connectivity index (χ0) is 35.8.